The molecule has 33 heavy (non-hydrogen) atoms. The number of amides is 2. The van der Waals surface area contributed by atoms with Crippen LogP contribution in [0, 0.1) is 0 Å². The summed E-state index contributed by atoms with van der Waals surface area (Å²) in [5, 5.41) is 12.8. The Morgan fingerprint density at radius 1 is 1.12 bits per heavy atom. The lowest BCUT2D eigenvalue weighted by molar-refractivity contribution is -0.129. The molecular formula is C22H26N8O2S. The average molecular weight is 467 g/mol. The number of piperazine rings is 1. The van der Waals surface area contributed by atoms with E-state index in [1.165, 1.54) is 22.6 Å². The van der Waals surface area contributed by atoms with Gasteiger partial charge in [0, 0.05) is 62.3 Å². The number of carbonyl (C=O) groups excluding carboxylic acids is 2. The second kappa shape index (κ2) is 9.20. The number of hydrogen-bond donors (Lipinski definition) is 3. The fourth-order valence-electron chi connectivity index (χ4n) is 4.27. The van der Waals surface area contributed by atoms with Crippen LogP contribution in [0.5, 0.6) is 0 Å². The zero-order valence-electron chi connectivity index (χ0n) is 18.2. The van der Waals surface area contributed by atoms with Crippen LogP contribution in [0.1, 0.15) is 21.7 Å². The van der Waals surface area contributed by atoms with Gasteiger partial charge in [0.2, 0.25) is 5.91 Å². The van der Waals surface area contributed by atoms with E-state index in [0.29, 0.717) is 31.9 Å². The van der Waals surface area contributed by atoms with Crippen LogP contribution in [0.15, 0.2) is 35.8 Å². The summed E-state index contributed by atoms with van der Waals surface area (Å²) in [5.41, 5.74) is 9.90. The molecule has 172 valence electrons. The molecule has 2 aromatic heterocycles. The van der Waals surface area contributed by atoms with Crippen LogP contribution in [-0.2, 0) is 17.8 Å². The van der Waals surface area contributed by atoms with Gasteiger partial charge in [0.1, 0.15) is 5.69 Å². The van der Waals surface area contributed by atoms with E-state index < -0.39 is 0 Å². The number of aromatic nitrogens is 3. The number of rotatable bonds is 5. The van der Waals surface area contributed by atoms with Crippen LogP contribution in [0.4, 0.5) is 16.5 Å². The highest BCUT2D eigenvalue weighted by Gasteiger charge is 2.24. The van der Waals surface area contributed by atoms with Gasteiger partial charge in [0.05, 0.1) is 24.1 Å². The number of nitrogens with two attached hydrogens (primary N) is 1. The summed E-state index contributed by atoms with van der Waals surface area (Å²) < 4.78 is 0. The molecule has 0 unspecified atom stereocenters. The molecule has 1 saturated heterocycles. The first-order chi connectivity index (χ1) is 16.1. The maximum atomic E-state index is 13.0. The summed E-state index contributed by atoms with van der Waals surface area (Å²) in [6.45, 7) is 4.20. The van der Waals surface area contributed by atoms with Gasteiger partial charge >= 0.3 is 0 Å². The third kappa shape index (κ3) is 4.41. The molecule has 1 aromatic carbocycles. The molecule has 3 aromatic rings. The van der Waals surface area contributed by atoms with Gasteiger partial charge < -0.3 is 25.8 Å². The average Bonchev–Trinajstić information content (AvgIpc) is 3.53. The third-order valence-corrected chi connectivity index (χ3v) is 7.00. The van der Waals surface area contributed by atoms with E-state index >= 15 is 0 Å². The van der Waals surface area contributed by atoms with Crippen molar-refractivity contribution in [2.24, 2.45) is 5.73 Å². The number of benzene rings is 1. The summed E-state index contributed by atoms with van der Waals surface area (Å²) in [5.74, 6) is -0.267. The van der Waals surface area contributed by atoms with Crippen LogP contribution >= 0.6 is 11.3 Å². The van der Waals surface area contributed by atoms with Gasteiger partial charge in [-0.15, -0.1) is 11.3 Å². The van der Waals surface area contributed by atoms with Gasteiger partial charge in [-0.3, -0.25) is 14.7 Å². The highest BCUT2D eigenvalue weighted by Crippen LogP contribution is 2.29. The predicted molar refractivity (Wildman–Crippen MR) is 128 cm³/mol. The lowest BCUT2D eigenvalue weighted by Gasteiger charge is -2.36. The van der Waals surface area contributed by atoms with E-state index in [-0.39, 0.29) is 18.4 Å². The predicted octanol–water partition coefficient (Wildman–Crippen LogP) is 1.29. The molecule has 0 spiro atoms. The Morgan fingerprint density at radius 2 is 1.94 bits per heavy atom. The number of anilines is 3. The van der Waals surface area contributed by atoms with Crippen molar-refractivity contribution in [3.05, 3.63) is 52.8 Å². The SMILES string of the molecule is NCC(=O)N1CCN(c2ccccc2NC(=O)c2csc(N3CCc4[nH]ncc4C3)n2)CC1. The molecule has 2 amide bonds. The quantitative estimate of drug-likeness (QED) is 0.518. The van der Waals surface area contributed by atoms with E-state index in [4.69, 9.17) is 5.73 Å². The molecule has 10 nitrogen and oxygen atoms in total. The van der Waals surface area contributed by atoms with E-state index in [9.17, 15) is 9.59 Å². The van der Waals surface area contributed by atoms with E-state index in [0.717, 1.165) is 36.0 Å². The zero-order valence-corrected chi connectivity index (χ0v) is 19.0. The minimum Gasteiger partial charge on any atom is -0.366 e. The van der Waals surface area contributed by atoms with Gasteiger partial charge in [-0.2, -0.15) is 5.10 Å². The van der Waals surface area contributed by atoms with E-state index in [2.05, 4.69) is 30.3 Å². The van der Waals surface area contributed by atoms with Crippen molar-refractivity contribution in [3.63, 3.8) is 0 Å². The molecule has 2 aliphatic heterocycles. The van der Waals surface area contributed by atoms with Crippen molar-refractivity contribution in [1.29, 1.82) is 0 Å². The lowest BCUT2D eigenvalue weighted by atomic mass is 10.1. The first-order valence-electron chi connectivity index (χ1n) is 11.0. The van der Waals surface area contributed by atoms with Crippen LogP contribution in [0.2, 0.25) is 0 Å². The number of fused-ring (bicyclic) bond motifs is 1. The van der Waals surface area contributed by atoms with Gasteiger partial charge in [-0.05, 0) is 12.1 Å². The van der Waals surface area contributed by atoms with Crippen LogP contribution < -0.4 is 20.9 Å². The summed E-state index contributed by atoms with van der Waals surface area (Å²) in [6, 6.07) is 7.72. The molecule has 11 heteroatoms. The van der Waals surface area contributed by atoms with Crippen molar-refractivity contribution in [2.45, 2.75) is 13.0 Å². The van der Waals surface area contributed by atoms with E-state index in [1.807, 2.05) is 30.5 Å². The molecule has 5 rings (SSSR count). The molecule has 4 N–H and O–H groups in total. The molecule has 0 radical (unpaired) electrons. The van der Waals surface area contributed by atoms with Gasteiger partial charge in [-0.25, -0.2) is 4.98 Å². The standard InChI is InChI=1S/C22H26N8O2S/c23-11-20(31)29-9-7-28(8-10-29)19-4-2-1-3-17(19)25-21(32)18-14-33-22(26-18)30-6-5-16-15(13-30)12-24-27-16/h1-4,12,14H,5-11,13,23H2,(H,24,27)(H,25,32). The van der Waals surface area contributed by atoms with Crippen LogP contribution in [-0.4, -0.2) is 71.2 Å². The third-order valence-electron chi connectivity index (χ3n) is 6.10. The normalized spacial score (nSPS) is 16.0. The Kier molecular flexibility index (Phi) is 5.97. The molecule has 0 atom stereocenters. The van der Waals surface area contributed by atoms with E-state index in [1.54, 1.807) is 10.3 Å². The first-order valence-corrected chi connectivity index (χ1v) is 11.8. The molecule has 0 bridgehead atoms. The number of hydrogen-bond acceptors (Lipinski definition) is 8. The Hall–Kier alpha value is -3.44. The Labute approximate surface area is 195 Å². The van der Waals surface area contributed by atoms with Gasteiger partial charge in [0.15, 0.2) is 5.13 Å². The van der Waals surface area contributed by atoms with Crippen LogP contribution in [0.3, 0.4) is 0 Å². The molecule has 0 aliphatic carbocycles. The summed E-state index contributed by atoms with van der Waals surface area (Å²) >= 11 is 1.47. The van der Waals surface area contributed by atoms with Crippen molar-refractivity contribution in [2.75, 3.05) is 54.4 Å². The molecule has 2 aliphatic rings. The number of aromatic amines is 1. The Morgan fingerprint density at radius 3 is 2.76 bits per heavy atom. The summed E-state index contributed by atoms with van der Waals surface area (Å²) in [4.78, 5) is 35.6. The topological polar surface area (TPSA) is 123 Å². The molecule has 1 fully saturated rings. The largest absolute Gasteiger partial charge is 0.366 e. The van der Waals surface area contributed by atoms with Crippen LogP contribution in [0.25, 0.3) is 0 Å². The van der Waals surface area contributed by atoms with Gasteiger partial charge in [0.25, 0.3) is 5.91 Å². The maximum Gasteiger partial charge on any atom is 0.275 e. The minimum atomic E-state index is -0.233. The van der Waals surface area contributed by atoms with Crippen molar-refractivity contribution in [3.8, 4) is 0 Å². The number of H-pyrrole nitrogens is 1. The number of para-hydroxylation sites is 2. The lowest BCUT2D eigenvalue weighted by Crippen LogP contribution is -2.50. The molecule has 4 heterocycles. The first kappa shape index (κ1) is 21.4. The van der Waals surface area contributed by atoms with Gasteiger partial charge in [-0.1, -0.05) is 12.1 Å². The maximum absolute atomic E-state index is 13.0. The highest BCUT2D eigenvalue weighted by molar-refractivity contribution is 7.13. The Bertz CT molecular complexity index is 1150. The summed E-state index contributed by atoms with van der Waals surface area (Å²) in [7, 11) is 0. The molecular weight excluding hydrogens is 440 g/mol. The number of thiazole rings is 1. The number of nitrogens with zero attached hydrogens (tertiary/aromatic N) is 5. The van der Waals surface area contributed by atoms with Crippen molar-refractivity contribution >= 4 is 39.7 Å². The number of carbonyl (C=O) groups is 2. The smallest absolute Gasteiger partial charge is 0.275 e. The fourth-order valence-corrected chi connectivity index (χ4v) is 5.10. The summed E-state index contributed by atoms with van der Waals surface area (Å²) in [6.07, 6.45) is 2.74. The monoisotopic (exact) mass is 466 g/mol. The second-order valence-electron chi connectivity index (χ2n) is 8.10. The van der Waals surface area contributed by atoms with Crippen molar-refractivity contribution < 1.29 is 9.59 Å². The number of nitrogens with one attached hydrogen (secondary N) is 2. The van der Waals surface area contributed by atoms with Crippen molar-refractivity contribution in [1.82, 2.24) is 20.1 Å². The fraction of sp³-hybridized carbons (Fsp3) is 0.364. The zero-order chi connectivity index (χ0) is 22.8. The minimum absolute atomic E-state index is 0.0307. The second-order valence-corrected chi connectivity index (χ2v) is 8.94. The molecule has 0 saturated carbocycles. The highest BCUT2D eigenvalue weighted by atomic mass is 32.1. The Balaban J connectivity index is 1.25.